The molecule has 0 aliphatic heterocycles. The van der Waals surface area contributed by atoms with Crippen molar-refractivity contribution in [3.63, 3.8) is 0 Å². The summed E-state index contributed by atoms with van der Waals surface area (Å²) in [6.07, 6.45) is 0. The zero-order valence-corrected chi connectivity index (χ0v) is 21.3. The second kappa shape index (κ2) is 7.44. The molecule has 2 heteroatoms. The Hall–Kier alpha value is -4.66. The van der Waals surface area contributed by atoms with Gasteiger partial charge in [0.25, 0.3) is 0 Å². The van der Waals surface area contributed by atoms with Gasteiger partial charge < -0.3 is 4.57 Å². The van der Waals surface area contributed by atoms with E-state index in [9.17, 15) is 0 Å². The predicted octanol–water partition coefficient (Wildman–Crippen LogP) is 10.6. The molecule has 7 aromatic carbocycles. The number of benzene rings is 7. The highest BCUT2D eigenvalue weighted by Crippen LogP contribution is 2.51. The van der Waals surface area contributed by atoms with E-state index in [0.717, 1.165) is 0 Å². The molecule has 0 radical (unpaired) electrons. The maximum atomic E-state index is 2.50. The zero-order chi connectivity index (χ0) is 24.8. The number of fused-ring (bicyclic) bond motifs is 15. The fourth-order valence-corrected chi connectivity index (χ4v) is 8.03. The fraction of sp³-hybridized carbons (Fsp3) is 0. The van der Waals surface area contributed by atoms with Crippen LogP contribution in [0.5, 0.6) is 0 Å². The highest BCUT2D eigenvalue weighted by Gasteiger charge is 2.23. The Morgan fingerprint density at radius 2 is 0.842 bits per heavy atom. The number of aromatic nitrogens is 1. The van der Waals surface area contributed by atoms with Gasteiger partial charge in [0.1, 0.15) is 0 Å². The van der Waals surface area contributed by atoms with Crippen LogP contribution in [-0.4, -0.2) is 4.57 Å². The number of hydrogen-bond donors (Lipinski definition) is 0. The van der Waals surface area contributed by atoms with E-state index in [1.807, 2.05) is 11.3 Å². The third-order valence-electron chi connectivity index (χ3n) is 8.13. The molecule has 0 unspecified atom stereocenters. The summed E-state index contributed by atoms with van der Waals surface area (Å²) >= 11 is 1.95. The summed E-state index contributed by atoms with van der Waals surface area (Å²) in [4.78, 5) is 0. The summed E-state index contributed by atoms with van der Waals surface area (Å²) < 4.78 is 5.23. The van der Waals surface area contributed by atoms with Crippen LogP contribution in [0.4, 0.5) is 0 Å². The van der Waals surface area contributed by atoms with Crippen molar-refractivity contribution in [1.82, 2.24) is 4.57 Å². The molecule has 176 valence electrons. The molecule has 0 bridgehead atoms. The van der Waals surface area contributed by atoms with Crippen molar-refractivity contribution < 1.29 is 0 Å². The Kier molecular flexibility index (Phi) is 3.99. The van der Waals surface area contributed by atoms with Crippen molar-refractivity contribution in [3.8, 4) is 5.69 Å². The standard InChI is InChI=1S/C36H21NS/c1-2-12-22(13-3-1)37-30-21-11-10-20-29(30)31-26-17-7-9-19-28(26)36-33(34(31)37)32-25-16-6-4-14-23(25)24-15-5-8-18-27(24)35(32)38-36/h1-21H. The number of hydrogen-bond acceptors (Lipinski definition) is 1. The molecule has 0 spiro atoms. The largest absolute Gasteiger partial charge is 0.309 e. The van der Waals surface area contributed by atoms with E-state index in [1.165, 1.54) is 80.0 Å². The van der Waals surface area contributed by atoms with Crippen molar-refractivity contribution in [1.29, 1.82) is 0 Å². The number of rotatable bonds is 1. The molecule has 0 fully saturated rings. The molecule has 9 aromatic rings. The molecule has 38 heavy (non-hydrogen) atoms. The van der Waals surface area contributed by atoms with Crippen molar-refractivity contribution >= 4 is 85.6 Å². The molecule has 0 aliphatic carbocycles. The average Bonchev–Trinajstić information content (AvgIpc) is 3.55. The first kappa shape index (κ1) is 20.4. The maximum Gasteiger partial charge on any atom is 0.0640 e. The monoisotopic (exact) mass is 499 g/mol. The van der Waals surface area contributed by atoms with Crippen molar-refractivity contribution in [2.45, 2.75) is 0 Å². The van der Waals surface area contributed by atoms with Crippen LogP contribution in [0.15, 0.2) is 127 Å². The van der Waals surface area contributed by atoms with Gasteiger partial charge in [0.05, 0.1) is 11.0 Å². The number of thiophene rings is 1. The summed E-state index contributed by atoms with van der Waals surface area (Å²) in [5.74, 6) is 0. The molecule has 0 saturated carbocycles. The van der Waals surface area contributed by atoms with Gasteiger partial charge in [-0.1, -0.05) is 109 Å². The Labute approximate surface area is 222 Å². The third kappa shape index (κ3) is 2.50. The van der Waals surface area contributed by atoms with Gasteiger partial charge in [-0.15, -0.1) is 11.3 Å². The summed E-state index contributed by atoms with van der Waals surface area (Å²) in [5.41, 5.74) is 3.74. The molecule has 0 atom stereocenters. The minimum absolute atomic E-state index is 1.19. The van der Waals surface area contributed by atoms with Gasteiger partial charge in [0.2, 0.25) is 0 Å². The molecule has 0 aliphatic rings. The third-order valence-corrected chi connectivity index (χ3v) is 9.39. The minimum Gasteiger partial charge on any atom is -0.309 e. The first-order chi connectivity index (χ1) is 18.9. The zero-order valence-electron chi connectivity index (χ0n) is 20.5. The van der Waals surface area contributed by atoms with Crippen LogP contribution < -0.4 is 0 Å². The molecular formula is C36H21NS. The summed E-state index contributed by atoms with van der Waals surface area (Å²) in [5, 5.41) is 13.3. The van der Waals surface area contributed by atoms with E-state index in [0.29, 0.717) is 0 Å². The van der Waals surface area contributed by atoms with E-state index in [1.54, 1.807) is 0 Å². The van der Waals surface area contributed by atoms with Gasteiger partial charge in [0, 0.05) is 47.4 Å². The molecular weight excluding hydrogens is 478 g/mol. The van der Waals surface area contributed by atoms with Crippen LogP contribution in [0.3, 0.4) is 0 Å². The number of para-hydroxylation sites is 2. The molecule has 9 rings (SSSR count). The smallest absolute Gasteiger partial charge is 0.0640 e. The lowest BCUT2D eigenvalue weighted by Gasteiger charge is -2.11. The second-order valence-electron chi connectivity index (χ2n) is 10.1. The van der Waals surface area contributed by atoms with Gasteiger partial charge in [-0.3, -0.25) is 0 Å². The Morgan fingerprint density at radius 1 is 0.368 bits per heavy atom. The highest BCUT2D eigenvalue weighted by molar-refractivity contribution is 7.28. The van der Waals surface area contributed by atoms with E-state index in [4.69, 9.17) is 0 Å². The Bertz CT molecular complexity index is 2390. The second-order valence-corrected chi connectivity index (χ2v) is 11.1. The van der Waals surface area contributed by atoms with E-state index in [-0.39, 0.29) is 0 Å². The van der Waals surface area contributed by atoms with Gasteiger partial charge >= 0.3 is 0 Å². The first-order valence-electron chi connectivity index (χ1n) is 13.0. The van der Waals surface area contributed by atoms with Crippen LogP contribution in [0.1, 0.15) is 0 Å². The van der Waals surface area contributed by atoms with E-state index in [2.05, 4.69) is 132 Å². The topological polar surface area (TPSA) is 4.93 Å². The normalized spacial score (nSPS) is 12.2. The van der Waals surface area contributed by atoms with Crippen molar-refractivity contribution in [2.24, 2.45) is 0 Å². The molecule has 0 amide bonds. The summed E-state index contributed by atoms with van der Waals surface area (Å²) in [6.45, 7) is 0. The van der Waals surface area contributed by atoms with Crippen LogP contribution in [0.25, 0.3) is 80.0 Å². The molecule has 2 aromatic heterocycles. The highest BCUT2D eigenvalue weighted by atomic mass is 32.1. The molecule has 1 nitrogen and oxygen atoms in total. The van der Waals surface area contributed by atoms with Crippen LogP contribution >= 0.6 is 11.3 Å². The number of nitrogens with zero attached hydrogens (tertiary/aromatic N) is 1. The lowest BCUT2D eigenvalue weighted by molar-refractivity contribution is 1.19. The minimum atomic E-state index is 1.19. The summed E-state index contributed by atoms with van der Waals surface area (Å²) in [7, 11) is 0. The summed E-state index contributed by atoms with van der Waals surface area (Å²) in [6, 6.07) is 46.6. The van der Waals surface area contributed by atoms with Crippen LogP contribution in [-0.2, 0) is 0 Å². The molecule has 2 heterocycles. The van der Waals surface area contributed by atoms with Crippen LogP contribution in [0, 0.1) is 0 Å². The fourth-order valence-electron chi connectivity index (χ4n) is 6.64. The van der Waals surface area contributed by atoms with Crippen LogP contribution in [0.2, 0.25) is 0 Å². The lowest BCUT2D eigenvalue weighted by atomic mass is 9.94. The van der Waals surface area contributed by atoms with Crippen molar-refractivity contribution in [2.75, 3.05) is 0 Å². The molecule has 0 N–H and O–H groups in total. The SMILES string of the molecule is c1ccc(-n2c3ccccc3c3c4ccccc4c4sc5c6ccccc6c6ccccc6c5c4c32)cc1. The van der Waals surface area contributed by atoms with E-state index < -0.39 is 0 Å². The molecule has 0 saturated heterocycles. The lowest BCUT2D eigenvalue weighted by Crippen LogP contribution is -1.94. The van der Waals surface area contributed by atoms with Gasteiger partial charge in [-0.25, -0.2) is 0 Å². The van der Waals surface area contributed by atoms with Crippen molar-refractivity contribution in [3.05, 3.63) is 127 Å². The quantitative estimate of drug-likeness (QED) is 0.198. The average molecular weight is 500 g/mol. The van der Waals surface area contributed by atoms with Gasteiger partial charge in [-0.2, -0.15) is 0 Å². The van der Waals surface area contributed by atoms with Gasteiger partial charge in [-0.05, 0) is 39.7 Å². The maximum absolute atomic E-state index is 2.50. The Morgan fingerprint density at radius 3 is 1.55 bits per heavy atom. The predicted molar refractivity (Wildman–Crippen MR) is 166 cm³/mol. The first-order valence-corrected chi connectivity index (χ1v) is 13.9. The van der Waals surface area contributed by atoms with Gasteiger partial charge in [0.15, 0.2) is 0 Å². The van der Waals surface area contributed by atoms with E-state index >= 15 is 0 Å². The Balaban J connectivity index is 1.71.